The minimum absolute atomic E-state index is 0.974. The molecule has 0 spiro atoms. The van der Waals surface area contributed by atoms with Crippen molar-refractivity contribution in [3.8, 4) is 0 Å². The Labute approximate surface area is 91.9 Å². The molecule has 0 aliphatic carbocycles. The van der Waals surface area contributed by atoms with Crippen LogP contribution in [0, 0.1) is 0 Å². The Bertz CT molecular complexity index is 675. The van der Waals surface area contributed by atoms with Crippen LogP contribution in [-0.4, -0.2) is 10.2 Å². The van der Waals surface area contributed by atoms with Gasteiger partial charge in [0.15, 0.2) is 0 Å². The van der Waals surface area contributed by atoms with Gasteiger partial charge in [-0.2, -0.15) is 10.2 Å². The Hall–Kier alpha value is -2.22. The van der Waals surface area contributed by atoms with Gasteiger partial charge in [0.1, 0.15) is 0 Å². The standard InChI is InChI=1S/C14H8N2/c1-2-9-4-5-11-8-15-16-12-7-6-10(3-1)13(9)14(11)12/h1-8H. The maximum absolute atomic E-state index is 4.18. The van der Waals surface area contributed by atoms with Crippen LogP contribution in [0.4, 0.5) is 0 Å². The molecule has 0 unspecified atom stereocenters. The number of aromatic nitrogens is 2. The van der Waals surface area contributed by atoms with Crippen LogP contribution in [0.1, 0.15) is 0 Å². The fourth-order valence-electron chi connectivity index (χ4n) is 2.43. The predicted molar refractivity (Wildman–Crippen MR) is 65.7 cm³/mol. The predicted octanol–water partition coefficient (Wildman–Crippen LogP) is 3.37. The van der Waals surface area contributed by atoms with E-state index in [9.17, 15) is 0 Å². The zero-order valence-corrected chi connectivity index (χ0v) is 8.51. The molecule has 74 valence electrons. The lowest BCUT2D eigenvalue weighted by Gasteiger charge is -2.08. The van der Waals surface area contributed by atoms with Crippen LogP contribution in [0.5, 0.6) is 0 Å². The largest absolute Gasteiger partial charge is 0.158 e. The van der Waals surface area contributed by atoms with Crippen LogP contribution in [-0.2, 0) is 0 Å². The van der Waals surface area contributed by atoms with Crippen LogP contribution in [0.3, 0.4) is 0 Å². The topological polar surface area (TPSA) is 25.8 Å². The Kier molecular flexibility index (Phi) is 1.33. The fraction of sp³-hybridized carbons (Fsp3) is 0. The molecule has 3 aromatic carbocycles. The van der Waals surface area contributed by atoms with Gasteiger partial charge in [0.05, 0.1) is 11.7 Å². The molecule has 0 atom stereocenters. The minimum atomic E-state index is 0.974. The van der Waals surface area contributed by atoms with E-state index < -0.39 is 0 Å². The number of hydrogen-bond acceptors (Lipinski definition) is 2. The molecule has 4 aromatic rings. The zero-order chi connectivity index (χ0) is 10.5. The summed E-state index contributed by atoms with van der Waals surface area (Å²) in [6.07, 6.45) is 1.83. The van der Waals surface area contributed by atoms with Gasteiger partial charge in [0.25, 0.3) is 0 Å². The van der Waals surface area contributed by atoms with Crippen molar-refractivity contribution in [1.29, 1.82) is 0 Å². The first kappa shape index (κ1) is 7.99. The molecule has 2 nitrogen and oxygen atoms in total. The van der Waals surface area contributed by atoms with E-state index in [1.54, 1.807) is 0 Å². The third kappa shape index (κ3) is 0.865. The van der Waals surface area contributed by atoms with Crippen molar-refractivity contribution in [2.45, 2.75) is 0 Å². The van der Waals surface area contributed by atoms with E-state index in [1.165, 1.54) is 21.5 Å². The lowest BCUT2D eigenvalue weighted by Crippen LogP contribution is -1.87. The Morgan fingerprint density at radius 1 is 0.688 bits per heavy atom. The van der Waals surface area contributed by atoms with Crippen molar-refractivity contribution >= 4 is 32.4 Å². The highest BCUT2D eigenvalue weighted by Crippen LogP contribution is 2.32. The summed E-state index contributed by atoms with van der Waals surface area (Å²) in [6, 6.07) is 14.8. The monoisotopic (exact) mass is 204 g/mol. The highest BCUT2D eigenvalue weighted by atomic mass is 15.1. The van der Waals surface area contributed by atoms with Crippen LogP contribution in [0.2, 0.25) is 0 Å². The minimum Gasteiger partial charge on any atom is -0.158 e. The maximum Gasteiger partial charge on any atom is 0.0942 e. The third-order valence-corrected chi connectivity index (χ3v) is 3.15. The van der Waals surface area contributed by atoms with Crippen LogP contribution >= 0.6 is 0 Å². The second-order valence-corrected chi connectivity index (χ2v) is 4.04. The van der Waals surface area contributed by atoms with Gasteiger partial charge in [0.2, 0.25) is 0 Å². The number of hydrogen-bond donors (Lipinski definition) is 0. The molecular weight excluding hydrogens is 196 g/mol. The molecule has 2 heteroatoms. The maximum atomic E-state index is 4.18. The first-order valence-electron chi connectivity index (χ1n) is 5.29. The SMILES string of the molecule is c1cc2ccc3cnnc4ccc(c1)c2c34. The summed E-state index contributed by atoms with van der Waals surface area (Å²) < 4.78 is 0. The molecule has 0 bridgehead atoms. The van der Waals surface area contributed by atoms with Crippen molar-refractivity contribution in [2.24, 2.45) is 0 Å². The number of nitrogens with zero attached hydrogens (tertiary/aromatic N) is 2. The summed E-state index contributed by atoms with van der Waals surface area (Å²) in [5, 5.41) is 14.4. The molecule has 1 aromatic heterocycles. The van der Waals surface area contributed by atoms with Crippen molar-refractivity contribution in [3.63, 3.8) is 0 Å². The van der Waals surface area contributed by atoms with E-state index in [2.05, 4.69) is 46.6 Å². The summed E-state index contributed by atoms with van der Waals surface area (Å²) in [5.74, 6) is 0. The summed E-state index contributed by atoms with van der Waals surface area (Å²) in [7, 11) is 0. The molecule has 4 rings (SSSR count). The summed E-state index contributed by atoms with van der Waals surface area (Å²) in [5.41, 5.74) is 0.974. The molecule has 1 heterocycles. The molecule has 0 fully saturated rings. The lowest BCUT2D eigenvalue weighted by molar-refractivity contribution is 1.09. The van der Waals surface area contributed by atoms with Gasteiger partial charge in [-0.1, -0.05) is 36.4 Å². The van der Waals surface area contributed by atoms with Gasteiger partial charge in [-0.15, -0.1) is 0 Å². The molecule has 0 radical (unpaired) electrons. The third-order valence-electron chi connectivity index (χ3n) is 3.15. The Morgan fingerprint density at radius 3 is 2.31 bits per heavy atom. The van der Waals surface area contributed by atoms with Gasteiger partial charge >= 0.3 is 0 Å². The van der Waals surface area contributed by atoms with Gasteiger partial charge in [0, 0.05) is 10.8 Å². The second-order valence-electron chi connectivity index (χ2n) is 4.04. The van der Waals surface area contributed by atoms with Crippen LogP contribution in [0.25, 0.3) is 32.4 Å². The lowest BCUT2D eigenvalue weighted by atomic mass is 9.98. The van der Waals surface area contributed by atoms with Crippen LogP contribution in [0.15, 0.2) is 48.7 Å². The van der Waals surface area contributed by atoms with E-state index in [1.807, 2.05) is 12.3 Å². The first-order chi connectivity index (χ1) is 7.93. The smallest absolute Gasteiger partial charge is 0.0942 e. The average molecular weight is 204 g/mol. The van der Waals surface area contributed by atoms with Crippen molar-refractivity contribution in [1.82, 2.24) is 10.2 Å². The normalized spacial score (nSPS) is 11.8. The van der Waals surface area contributed by atoms with E-state index in [-0.39, 0.29) is 0 Å². The number of benzene rings is 3. The van der Waals surface area contributed by atoms with E-state index in [4.69, 9.17) is 0 Å². The molecule has 0 aliphatic rings. The van der Waals surface area contributed by atoms with Gasteiger partial charge < -0.3 is 0 Å². The van der Waals surface area contributed by atoms with Gasteiger partial charge in [-0.3, -0.25) is 0 Å². The number of rotatable bonds is 0. The summed E-state index contributed by atoms with van der Waals surface area (Å²) >= 11 is 0. The highest BCUT2D eigenvalue weighted by Gasteiger charge is 2.07. The average Bonchev–Trinajstić information content (AvgIpc) is 2.36. The second kappa shape index (κ2) is 2.67. The van der Waals surface area contributed by atoms with Crippen molar-refractivity contribution in [3.05, 3.63) is 48.7 Å². The molecular formula is C14H8N2. The molecule has 0 amide bonds. The zero-order valence-electron chi connectivity index (χ0n) is 8.51. The summed E-state index contributed by atoms with van der Waals surface area (Å²) in [4.78, 5) is 0. The quantitative estimate of drug-likeness (QED) is 0.410. The van der Waals surface area contributed by atoms with Gasteiger partial charge in [-0.25, -0.2) is 0 Å². The van der Waals surface area contributed by atoms with Crippen molar-refractivity contribution < 1.29 is 0 Å². The van der Waals surface area contributed by atoms with Crippen LogP contribution < -0.4 is 0 Å². The first-order valence-corrected chi connectivity index (χ1v) is 5.29. The molecule has 0 N–H and O–H groups in total. The Morgan fingerprint density at radius 2 is 1.44 bits per heavy atom. The molecule has 0 saturated carbocycles. The molecule has 0 saturated heterocycles. The molecule has 0 aliphatic heterocycles. The van der Waals surface area contributed by atoms with Crippen molar-refractivity contribution in [2.75, 3.05) is 0 Å². The summed E-state index contributed by atoms with van der Waals surface area (Å²) in [6.45, 7) is 0. The van der Waals surface area contributed by atoms with Gasteiger partial charge in [-0.05, 0) is 22.2 Å². The molecule has 16 heavy (non-hydrogen) atoms. The van der Waals surface area contributed by atoms with E-state index >= 15 is 0 Å². The highest BCUT2D eigenvalue weighted by molar-refractivity contribution is 6.21. The fourth-order valence-corrected chi connectivity index (χ4v) is 2.43. The Balaban J connectivity index is 2.51. The van der Waals surface area contributed by atoms with E-state index in [0.717, 1.165) is 10.9 Å². The van der Waals surface area contributed by atoms with E-state index in [0.29, 0.717) is 0 Å².